The number of hydrogen-bond donors (Lipinski definition) is 1. The van der Waals surface area contributed by atoms with E-state index in [1.165, 1.54) is 36.4 Å². The van der Waals surface area contributed by atoms with Gasteiger partial charge in [-0.1, -0.05) is 0 Å². The molecule has 0 fully saturated rings. The van der Waals surface area contributed by atoms with Gasteiger partial charge in [0.2, 0.25) is 0 Å². The van der Waals surface area contributed by atoms with Crippen molar-refractivity contribution in [2.45, 2.75) is 13.2 Å². The Bertz CT molecular complexity index is 552. The zero-order valence-electron chi connectivity index (χ0n) is 10.2. The first-order chi connectivity index (χ1) is 9.52. The second-order valence-corrected chi connectivity index (χ2v) is 4.03. The molecule has 0 unspecified atom stereocenters. The topological polar surface area (TPSA) is 21.3 Å². The monoisotopic (exact) mass is 285 g/mol. The van der Waals surface area contributed by atoms with Gasteiger partial charge in [-0.05, 0) is 42.0 Å². The molecule has 1 N–H and O–H groups in total. The number of ether oxygens (including phenoxy) is 1. The first kappa shape index (κ1) is 14.2. The maximum Gasteiger partial charge on any atom is 0.387 e. The molecule has 106 valence electrons. The molecule has 0 amide bonds. The number of anilines is 1. The highest BCUT2D eigenvalue weighted by Crippen LogP contribution is 2.18. The van der Waals surface area contributed by atoms with Gasteiger partial charge in [0, 0.05) is 18.3 Å². The second kappa shape index (κ2) is 6.27. The minimum Gasteiger partial charge on any atom is -0.435 e. The quantitative estimate of drug-likeness (QED) is 0.832. The van der Waals surface area contributed by atoms with Crippen LogP contribution in [-0.2, 0) is 6.54 Å². The van der Waals surface area contributed by atoms with Crippen LogP contribution >= 0.6 is 0 Å². The number of halogens is 4. The van der Waals surface area contributed by atoms with Gasteiger partial charge in [0.05, 0.1) is 0 Å². The Hall–Kier alpha value is -2.24. The van der Waals surface area contributed by atoms with E-state index in [0.717, 1.165) is 6.07 Å². The Morgan fingerprint density at radius 3 is 2.10 bits per heavy atom. The molecule has 20 heavy (non-hydrogen) atoms. The van der Waals surface area contributed by atoms with Crippen molar-refractivity contribution in [3.05, 3.63) is 59.7 Å². The smallest absolute Gasteiger partial charge is 0.387 e. The van der Waals surface area contributed by atoms with E-state index in [0.29, 0.717) is 11.3 Å². The van der Waals surface area contributed by atoms with Crippen LogP contribution in [0.1, 0.15) is 5.56 Å². The summed E-state index contributed by atoms with van der Waals surface area (Å²) in [4.78, 5) is 0. The van der Waals surface area contributed by atoms with Crippen LogP contribution in [0.15, 0.2) is 42.5 Å². The van der Waals surface area contributed by atoms with Crippen LogP contribution in [0.2, 0.25) is 0 Å². The molecule has 0 saturated heterocycles. The van der Waals surface area contributed by atoms with Crippen molar-refractivity contribution in [2.24, 2.45) is 0 Å². The van der Waals surface area contributed by atoms with Crippen molar-refractivity contribution in [3.8, 4) is 5.75 Å². The molecular formula is C14H11F4NO. The van der Waals surface area contributed by atoms with E-state index >= 15 is 0 Å². The number of rotatable bonds is 5. The number of benzene rings is 2. The van der Waals surface area contributed by atoms with E-state index in [1.54, 1.807) is 0 Å². The van der Waals surface area contributed by atoms with Crippen molar-refractivity contribution < 1.29 is 22.3 Å². The molecule has 0 radical (unpaired) electrons. The molecule has 2 aromatic rings. The van der Waals surface area contributed by atoms with Crippen molar-refractivity contribution >= 4 is 5.69 Å². The van der Waals surface area contributed by atoms with Crippen molar-refractivity contribution in [1.29, 1.82) is 0 Å². The van der Waals surface area contributed by atoms with Crippen LogP contribution in [0.25, 0.3) is 0 Å². The van der Waals surface area contributed by atoms with Crippen molar-refractivity contribution in [2.75, 3.05) is 5.32 Å². The summed E-state index contributed by atoms with van der Waals surface area (Å²) in [5.41, 5.74) is 1.06. The fraction of sp³-hybridized carbons (Fsp3) is 0.143. The maximum absolute atomic E-state index is 13.0. The molecule has 0 aliphatic carbocycles. The predicted octanol–water partition coefficient (Wildman–Crippen LogP) is 4.18. The van der Waals surface area contributed by atoms with Gasteiger partial charge in [-0.3, -0.25) is 0 Å². The second-order valence-electron chi connectivity index (χ2n) is 4.03. The van der Waals surface area contributed by atoms with Gasteiger partial charge in [-0.2, -0.15) is 8.78 Å². The third kappa shape index (κ3) is 4.15. The van der Waals surface area contributed by atoms with Gasteiger partial charge in [0.1, 0.15) is 17.4 Å². The Kier molecular flexibility index (Phi) is 4.45. The zero-order valence-corrected chi connectivity index (χ0v) is 10.2. The molecule has 0 aliphatic heterocycles. The molecule has 6 heteroatoms. The van der Waals surface area contributed by atoms with Crippen LogP contribution in [-0.4, -0.2) is 6.61 Å². The van der Waals surface area contributed by atoms with Crippen LogP contribution in [0, 0.1) is 11.6 Å². The maximum atomic E-state index is 13.0. The van der Waals surface area contributed by atoms with E-state index in [4.69, 9.17) is 0 Å². The molecule has 2 aromatic carbocycles. The SMILES string of the molecule is Fc1cc(F)cc(CNc2ccc(OC(F)F)cc2)c1. The summed E-state index contributed by atoms with van der Waals surface area (Å²) in [6, 6.07) is 9.04. The molecule has 0 aliphatic rings. The van der Waals surface area contributed by atoms with E-state index in [9.17, 15) is 17.6 Å². The highest BCUT2D eigenvalue weighted by Gasteiger charge is 2.04. The van der Waals surface area contributed by atoms with Gasteiger partial charge in [0.25, 0.3) is 0 Å². The van der Waals surface area contributed by atoms with Crippen LogP contribution in [0.4, 0.5) is 23.2 Å². The predicted molar refractivity (Wildman–Crippen MR) is 66.8 cm³/mol. The lowest BCUT2D eigenvalue weighted by Crippen LogP contribution is -2.03. The number of nitrogens with one attached hydrogen (secondary N) is 1. The summed E-state index contributed by atoms with van der Waals surface area (Å²) in [6.07, 6.45) is 0. The first-order valence-electron chi connectivity index (χ1n) is 5.76. The van der Waals surface area contributed by atoms with Crippen LogP contribution in [0.3, 0.4) is 0 Å². The van der Waals surface area contributed by atoms with Crippen LogP contribution in [0.5, 0.6) is 5.75 Å². The van der Waals surface area contributed by atoms with Gasteiger partial charge in [-0.25, -0.2) is 8.78 Å². The average Bonchev–Trinajstić information content (AvgIpc) is 2.36. The molecule has 0 atom stereocenters. The van der Waals surface area contributed by atoms with E-state index in [2.05, 4.69) is 10.1 Å². The number of hydrogen-bond acceptors (Lipinski definition) is 2. The highest BCUT2D eigenvalue weighted by atomic mass is 19.3. The minimum absolute atomic E-state index is 0.0438. The average molecular weight is 285 g/mol. The lowest BCUT2D eigenvalue weighted by molar-refractivity contribution is -0.0498. The summed E-state index contributed by atoms with van der Waals surface area (Å²) < 4.78 is 54.1. The Labute approximate surface area is 113 Å². The Morgan fingerprint density at radius 2 is 1.55 bits per heavy atom. The van der Waals surface area contributed by atoms with Crippen molar-refractivity contribution in [3.63, 3.8) is 0 Å². The molecule has 0 aromatic heterocycles. The van der Waals surface area contributed by atoms with Gasteiger partial charge in [-0.15, -0.1) is 0 Å². The third-order valence-corrected chi connectivity index (χ3v) is 2.50. The molecule has 0 spiro atoms. The third-order valence-electron chi connectivity index (χ3n) is 2.50. The molecule has 0 saturated carbocycles. The van der Waals surface area contributed by atoms with Gasteiger partial charge in [0.15, 0.2) is 0 Å². The summed E-state index contributed by atoms with van der Waals surface area (Å²) in [5.74, 6) is -1.26. The van der Waals surface area contributed by atoms with E-state index in [-0.39, 0.29) is 12.3 Å². The van der Waals surface area contributed by atoms with Gasteiger partial charge < -0.3 is 10.1 Å². The number of alkyl halides is 2. The molecule has 0 bridgehead atoms. The largest absolute Gasteiger partial charge is 0.435 e. The Balaban J connectivity index is 1.96. The molecular weight excluding hydrogens is 274 g/mol. The zero-order chi connectivity index (χ0) is 14.5. The van der Waals surface area contributed by atoms with E-state index < -0.39 is 18.2 Å². The summed E-state index contributed by atoms with van der Waals surface area (Å²) >= 11 is 0. The lowest BCUT2D eigenvalue weighted by Gasteiger charge is -2.08. The van der Waals surface area contributed by atoms with E-state index in [1.807, 2.05) is 0 Å². The summed E-state index contributed by atoms with van der Waals surface area (Å²) in [5, 5.41) is 2.92. The fourth-order valence-electron chi connectivity index (χ4n) is 1.67. The standard InChI is InChI=1S/C14H11F4NO/c15-10-5-9(6-11(16)7-10)8-19-12-1-3-13(4-2-12)20-14(17)18/h1-7,14,19H,8H2. The highest BCUT2D eigenvalue weighted by molar-refractivity contribution is 5.46. The lowest BCUT2D eigenvalue weighted by atomic mass is 10.2. The van der Waals surface area contributed by atoms with Crippen molar-refractivity contribution in [1.82, 2.24) is 0 Å². The molecule has 2 rings (SSSR count). The first-order valence-corrected chi connectivity index (χ1v) is 5.76. The minimum atomic E-state index is -2.87. The summed E-state index contributed by atoms with van der Waals surface area (Å²) in [6.45, 7) is -2.66. The normalized spacial score (nSPS) is 10.7. The fourth-order valence-corrected chi connectivity index (χ4v) is 1.67. The van der Waals surface area contributed by atoms with Crippen LogP contribution < -0.4 is 10.1 Å². The van der Waals surface area contributed by atoms with Gasteiger partial charge >= 0.3 is 6.61 Å². The molecule has 2 nitrogen and oxygen atoms in total. The summed E-state index contributed by atoms with van der Waals surface area (Å²) in [7, 11) is 0. The molecule has 0 heterocycles. The Morgan fingerprint density at radius 1 is 0.950 bits per heavy atom.